The van der Waals surface area contributed by atoms with Crippen LogP contribution in [0.3, 0.4) is 0 Å². The molecule has 14 heteroatoms. The minimum absolute atomic E-state index is 0.0964. The van der Waals surface area contributed by atoms with Crippen molar-refractivity contribution in [3.63, 3.8) is 0 Å². The minimum Gasteiger partial charge on any atom is -0.464 e. The fourth-order valence-corrected chi connectivity index (χ4v) is 3.90. The van der Waals surface area contributed by atoms with Crippen molar-refractivity contribution in [1.29, 1.82) is 0 Å². The van der Waals surface area contributed by atoms with E-state index in [4.69, 9.17) is 18.9 Å². The normalized spacial score (nSPS) is 14.3. The molecule has 0 aromatic heterocycles. The van der Waals surface area contributed by atoms with E-state index in [0.29, 0.717) is 39.3 Å². The lowest BCUT2D eigenvalue weighted by atomic mass is 10.3. The third kappa shape index (κ3) is 25.0. The first-order valence-corrected chi connectivity index (χ1v) is 15.6. The van der Waals surface area contributed by atoms with E-state index in [1.54, 1.807) is 0 Å². The lowest BCUT2D eigenvalue weighted by Gasteiger charge is -2.27. The maximum Gasteiger partial charge on any atom is 0.306 e. The fraction of sp³-hybridized carbons (Fsp3) is 0.846. The SMILES string of the molecule is CC(S)CC(=O)OCCN(CCOC(=O)CC(C)S)CCN(CCOC(=O)CC(C)S)CCOC(=O)CC(C)S. The molecule has 0 aliphatic heterocycles. The van der Waals surface area contributed by atoms with Gasteiger partial charge in [-0.25, -0.2) is 0 Å². The Bertz CT molecular complexity index is 625. The topological polar surface area (TPSA) is 112 Å². The lowest BCUT2D eigenvalue weighted by Crippen LogP contribution is -2.41. The van der Waals surface area contributed by atoms with Crippen molar-refractivity contribution >= 4 is 74.4 Å². The second-order valence-electron chi connectivity index (χ2n) is 9.78. The van der Waals surface area contributed by atoms with E-state index in [1.165, 1.54) is 0 Å². The molecule has 0 N–H and O–H groups in total. The highest BCUT2D eigenvalue weighted by Crippen LogP contribution is 2.05. The molecule has 0 aromatic carbocycles. The first kappa shape index (κ1) is 39.2. The molecule has 0 amide bonds. The Morgan fingerprint density at radius 1 is 0.450 bits per heavy atom. The highest BCUT2D eigenvalue weighted by atomic mass is 32.1. The summed E-state index contributed by atoms with van der Waals surface area (Å²) in [6, 6.07) is 0. The van der Waals surface area contributed by atoms with Crippen molar-refractivity contribution in [3.8, 4) is 0 Å². The summed E-state index contributed by atoms with van der Waals surface area (Å²) in [6.07, 6.45) is 0.857. The Hall–Kier alpha value is -0.800. The molecule has 0 rings (SSSR count). The quantitative estimate of drug-likeness (QED) is 0.0753. The molecule has 234 valence electrons. The number of esters is 4. The Labute approximate surface area is 261 Å². The third-order valence-electron chi connectivity index (χ3n) is 5.26. The zero-order valence-electron chi connectivity index (χ0n) is 24.2. The van der Waals surface area contributed by atoms with Gasteiger partial charge in [0.1, 0.15) is 26.4 Å². The van der Waals surface area contributed by atoms with Crippen LogP contribution in [-0.4, -0.2) is 120 Å². The van der Waals surface area contributed by atoms with E-state index < -0.39 is 0 Å². The number of ether oxygens (including phenoxy) is 4. The van der Waals surface area contributed by atoms with Gasteiger partial charge in [0.2, 0.25) is 0 Å². The highest BCUT2D eigenvalue weighted by molar-refractivity contribution is 7.81. The largest absolute Gasteiger partial charge is 0.464 e. The molecule has 0 saturated carbocycles. The van der Waals surface area contributed by atoms with Crippen molar-refractivity contribution in [3.05, 3.63) is 0 Å². The summed E-state index contributed by atoms with van der Waals surface area (Å²) in [7, 11) is 0. The van der Waals surface area contributed by atoms with Crippen molar-refractivity contribution in [1.82, 2.24) is 9.80 Å². The average molecular weight is 645 g/mol. The van der Waals surface area contributed by atoms with Gasteiger partial charge in [0.05, 0.1) is 25.7 Å². The van der Waals surface area contributed by atoms with Gasteiger partial charge in [-0.05, 0) is 0 Å². The van der Waals surface area contributed by atoms with Gasteiger partial charge < -0.3 is 18.9 Å². The molecule has 0 heterocycles. The van der Waals surface area contributed by atoms with Crippen LogP contribution < -0.4 is 0 Å². The van der Waals surface area contributed by atoms with Crippen LogP contribution in [0.2, 0.25) is 0 Å². The molecule has 0 aromatic rings. The van der Waals surface area contributed by atoms with Gasteiger partial charge in [-0.15, -0.1) is 0 Å². The average Bonchev–Trinajstić information content (AvgIpc) is 2.79. The molecular weight excluding hydrogens is 597 g/mol. The predicted molar refractivity (Wildman–Crippen MR) is 169 cm³/mol. The number of thiol groups is 4. The molecule has 0 aliphatic carbocycles. The molecule has 0 radical (unpaired) electrons. The van der Waals surface area contributed by atoms with Crippen LogP contribution in [0, 0.1) is 0 Å². The molecule has 4 unspecified atom stereocenters. The third-order valence-corrected chi connectivity index (χ3v) is 5.99. The van der Waals surface area contributed by atoms with E-state index in [-0.39, 0.29) is 97.0 Å². The number of carbonyl (C=O) groups excluding carboxylic acids is 4. The van der Waals surface area contributed by atoms with Crippen molar-refractivity contribution in [2.24, 2.45) is 0 Å². The first-order chi connectivity index (χ1) is 18.8. The number of nitrogens with zero attached hydrogens (tertiary/aromatic N) is 2. The Balaban J connectivity index is 5.06. The summed E-state index contributed by atoms with van der Waals surface area (Å²) in [6.45, 7) is 10.8. The van der Waals surface area contributed by atoms with Crippen LogP contribution in [0.4, 0.5) is 0 Å². The number of carbonyl (C=O) groups is 4. The first-order valence-electron chi connectivity index (χ1n) is 13.6. The molecule has 4 atom stereocenters. The van der Waals surface area contributed by atoms with Crippen LogP contribution in [0.5, 0.6) is 0 Å². The summed E-state index contributed by atoms with van der Waals surface area (Å²) in [5.74, 6) is -1.30. The van der Waals surface area contributed by atoms with Gasteiger partial charge in [0.15, 0.2) is 0 Å². The number of hydrogen-bond acceptors (Lipinski definition) is 14. The second-order valence-corrected chi connectivity index (χ2v) is 13.3. The standard InChI is InChI=1S/C26H48N2O8S4/c1-19(37)15-23(29)33-11-7-27(8-12-34-24(30)16-20(2)38)5-6-28(9-13-35-25(31)17-21(3)39)10-14-36-26(32)18-22(4)40/h19-22,37-40H,5-18H2,1-4H3. The van der Waals surface area contributed by atoms with Crippen LogP contribution in [0.25, 0.3) is 0 Å². The molecule has 0 fully saturated rings. The molecule has 0 spiro atoms. The summed E-state index contributed by atoms with van der Waals surface area (Å²) < 4.78 is 21.3. The van der Waals surface area contributed by atoms with E-state index in [1.807, 2.05) is 37.5 Å². The summed E-state index contributed by atoms with van der Waals surface area (Å²) >= 11 is 16.9. The Morgan fingerprint density at radius 3 is 0.825 bits per heavy atom. The second kappa shape index (κ2) is 23.7. The Morgan fingerprint density at radius 2 is 0.650 bits per heavy atom. The summed E-state index contributed by atoms with van der Waals surface area (Å²) in [5, 5.41) is -0.385. The van der Waals surface area contributed by atoms with Crippen LogP contribution in [0.15, 0.2) is 0 Å². The van der Waals surface area contributed by atoms with Gasteiger partial charge in [-0.1, -0.05) is 27.7 Å². The van der Waals surface area contributed by atoms with Gasteiger partial charge in [0, 0.05) is 60.3 Å². The monoisotopic (exact) mass is 644 g/mol. The molecule has 0 bridgehead atoms. The van der Waals surface area contributed by atoms with Crippen LogP contribution in [-0.2, 0) is 38.1 Å². The molecule has 0 aliphatic rings. The molecular formula is C26H48N2O8S4. The minimum atomic E-state index is -0.326. The van der Waals surface area contributed by atoms with Crippen molar-refractivity contribution in [2.45, 2.75) is 74.4 Å². The predicted octanol–water partition coefficient (Wildman–Crippen LogP) is 2.60. The van der Waals surface area contributed by atoms with Gasteiger partial charge in [-0.3, -0.25) is 29.0 Å². The van der Waals surface area contributed by atoms with Crippen molar-refractivity contribution < 1.29 is 38.1 Å². The summed E-state index contributed by atoms with van der Waals surface area (Å²) in [4.78, 5) is 51.7. The zero-order chi connectivity index (χ0) is 30.5. The van der Waals surface area contributed by atoms with E-state index in [2.05, 4.69) is 50.5 Å². The molecule has 0 saturated heterocycles. The van der Waals surface area contributed by atoms with E-state index in [0.717, 1.165) is 0 Å². The van der Waals surface area contributed by atoms with Gasteiger partial charge in [0.25, 0.3) is 0 Å². The summed E-state index contributed by atoms with van der Waals surface area (Å²) in [5.41, 5.74) is 0. The highest BCUT2D eigenvalue weighted by Gasteiger charge is 2.15. The maximum atomic E-state index is 11.9. The number of hydrogen-bond donors (Lipinski definition) is 4. The van der Waals surface area contributed by atoms with Crippen LogP contribution >= 0.6 is 50.5 Å². The lowest BCUT2D eigenvalue weighted by molar-refractivity contribution is -0.146. The fourth-order valence-electron chi connectivity index (χ4n) is 3.31. The van der Waals surface area contributed by atoms with Crippen LogP contribution in [0.1, 0.15) is 53.4 Å². The van der Waals surface area contributed by atoms with Gasteiger partial charge in [-0.2, -0.15) is 50.5 Å². The zero-order valence-corrected chi connectivity index (χ0v) is 27.7. The molecule has 10 nitrogen and oxygen atoms in total. The Kier molecular flexibility index (Phi) is 23.3. The van der Waals surface area contributed by atoms with Crippen molar-refractivity contribution in [2.75, 3.05) is 65.7 Å². The maximum absolute atomic E-state index is 11.9. The molecule has 40 heavy (non-hydrogen) atoms. The number of rotatable bonds is 23. The van der Waals surface area contributed by atoms with Gasteiger partial charge >= 0.3 is 23.9 Å². The smallest absolute Gasteiger partial charge is 0.306 e. The van der Waals surface area contributed by atoms with E-state index in [9.17, 15) is 19.2 Å². The van der Waals surface area contributed by atoms with E-state index >= 15 is 0 Å².